The van der Waals surface area contributed by atoms with Crippen LogP contribution in [0.15, 0.2) is 12.5 Å². The fourth-order valence-electron chi connectivity index (χ4n) is 2.50. The third-order valence-corrected chi connectivity index (χ3v) is 3.97. The second-order valence-corrected chi connectivity index (χ2v) is 6.98. The van der Waals surface area contributed by atoms with Gasteiger partial charge in [0.2, 0.25) is 17.7 Å². The van der Waals surface area contributed by atoms with E-state index in [1.165, 1.54) is 12.5 Å². The molecule has 1 heterocycles. The molecule has 3 atom stereocenters. The highest BCUT2D eigenvalue weighted by molar-refractivity contribution is 5.92. The molecule has 11 nitrogen and oxygen atoms in total. The smallest absolute Gasteiger partial charge is 0.326 e. The molecule has 11 heteroatoms. The summed E-state index contributed by atoms with van der Waals surface area (Å²) in [6.07, 6.45) is 3.18. The summed E-state index contributed by atoms with van der Waals surface area (Å²) in [7, 11) is 0. The van der Waals surface area contributed by atoms with Gasteiger partial charge in [0.15, 0.2) is 0 Å². The van der Waals surface area contributed by atoms with E-state index < -0.39 is 41.8 Å². The molecule has 0 aromatic carbocycles. The van der Waals surface area contributed by atoms with E-state index in [1.807, 2.05) is 13.8 Å². The number of aliphatic carboxylic acids is 1. The first kappa shape index (κ1) is 23.1. The minimum Gasteiger partial charge on any atom is -0.480 e. The zero-order chi connectivity index (χ0) is 21.3. The maximum atomic E-state index is 12.7. The van der Waals surface area contributed by atoms with Gasteiger partial charge in [-0.25, -0.2) is 9.78 Å². The number of primary amides is 1. The molecule has 28 heavy (non-hydrogen) atoms. The number of carbonyl (C=O) groups is 4. The minimum absolute atomic E-state index is 0.0324. The molecule has 0 aliphatic rings. The number of imidazole rings is 1. The monoisotopic (exact) mass is 396 g/mol. The Morgan fingerprint density at radius 1 is 1.18 bits per heavy atom. The average molecular weight is 396 g/mol. The highest BCUT2D eigenvalue weighted by Gasteiger charge is 2.29. The number of nitrogens with one attached hydrogen (secondary N) is 3. The van der Waals surface area contributed by atoms with Crippen molar-refractivity contribution < 1.29 is 24.3 Å². The van der Waals surface area contributed by atoms with Gasteiger partial charge in [-0.05, 0) is 18.8 Å². The molecule has 1 aromatic heterocycles. The van der Waals surface area contributed by atoms with Crippen molar-refractivity contribution in [2.75, 3.05) is 0 Å². The van der Waals surface area contributed by atoms with Crippen molar-refractivity contribution in [1.29, 1.82) is 0 Å². The summed E-state index contributed by atoms with van der Waals surface area (Å²) in [5, 5.41) is 14.3. The summed E-state index contributed by atoms with van der Waals surface area (Å²) in [5.41, 5.74) is 11.4. The Morgan fingerprint density at radius 3 is 2.32 bits per heavy atom. The fraction of sp³-hybridized carbons (Fsp3) is 0.588. The van der Waals surface area contributed by atoms with E-state index in [9.17, 15) is 24.3 Å². The van der Waals surface area contributed by atoms with Gasteiger partial charge < -0.3 is 32.2 Å². The largest absolute Gasteiger partial charge is 0.480 e. The van der Waals surface area contributed by atoms with E-state index in [0.717, 1.165) is 0 Å². The van der Waals surface area contributed by atoms with Crippen LogP contribution in [0.1, 0.15) is 38.8 Å². The van der Waals surface area contributed by atoms with Crippen LogP contribution >= 0.6 is 0 Å². The number of carboxylic acids is 1. The molecule has 0 spiro atoms. The number of amides is 3. The number of aromatic nitrogens is 2. The van der Waals surface area contributed by atoms with Gasteiger partial charge in [0, 0.05) is 24.7 Å². The number of H-pyrrole nitrogens is 1. The van der Waals surface area contributed by atoms with Crippen LogP contribution in [0.5, 0.6) is 0 Å². The summed E-state index contributed by atoms with van der Waals surface area (Å²) < 4.78 is 0. The van der Waals surface area contributed by atoms with E-state index >= 15 is 0 Å². The van der Waals surface area contributed by atoms with Crippen LogP contribution in [-0.2, 0) is 25.6 Å². The van der Waals surface area contributed by atoms with Crippen molar-refractivity contribution in [3.63, 3.8) is 0 Å². The standard InChI is InChI=1S/C17H28N6O5/c1-9(2)5-13(17(27)28)23-16(26)12(6-10-7-20-8-21-10)22-15(25)11(18)3-4-14(19)24/h7-9,11-13H,3-6,18H2,1-2H3,(H2,19,24)(H,20,21)(H,22,25)(H,23,26)(H,27,28). The summed E-state index contributed by atoms with van der Waals surface area (Å²) in [5.74, 6) is -3.00. The molecule has 1 rings (SSSR count). The summed E-state index contributed by atoms with van der Waals surface area (Å²) >= 11 is 0. The van der Waals surface area contributed by atoms with Crippen molar-refractivity contribution in [1.82, 2.24) is 20.6 Å². The molecule has 0 aliphatic carbocycles. The molecular formula is C17H28N6O5. The molecule has 0 radical (unpaired) electrons. The highest BCUT2D eigenvalue weighted by atomic mass is 16.4. The Bertz CT molecular complexity index is 676. The number of hydrogen-bond acceptors (Lipinski definition) is 6. The quantitative estimate of drug-likeness (QED) is 0.251. The minimum atomic E-state index is -1.16. The van der Waals surface area contributed by atoms with Gasteiger partial charge in [0.05, 0.1) is 12.4 Å². The Hall–Kier alpha value is -2.95. The lowest BCUT2D eigenvalue weighted by atomic mass is 10.0. The highest BCUT2D eigenvalue weighted by Crippen LogP contribution is 2.07. The number of carbonyl (C=O) groups excluding carboxylic acids is 3. The number of hydrogen-bond donors (Lipinski definition) is 6. The first-order chi connectivity index (χ1) is 13.1. The number of aromatic amines is 1. The maximum Gasteiger partial charge on any atom is 0.326 e. The number of carboxylic acid groups (broad SMARTS) is 1. The summed E-state index contributed by atoms with van der Waals surface area (Å²) in [6, 6.07) is -3.19. The Labute approximate surface area is 162 Å². The van der Waals surface area contributed by atoms with Crippen molar-refractivity contribution in [3.8, 4) is 0 Å². The summed E-state index contributed by atoms with van der Waals surface area (Å²) in [6.45, 7) is 3.67. The lowest BCUT2D eigenvalue weighted by Crippen LogP contribution is -2.55. The topological polar surface area (TPSA) is 193 Å². The lowest BCUT2D eigenvalue weighted by molar-refractivity contribution is -0.142. The molecule has 0 fully saturated rings. The van der Waals surface area contributed by atoms with Crippen LogP contribution < -0.4 is 22.1 Å². The van der Waals surface area contributed by atoms with Gasteiger partial charge in [0.25, 0.3) is 0 Å². The predicted octanol–water partition coefficient (Wildman–Crippen LogP) is -1.35. The Kier molecular flexibility index (Phi) is 9.09. The van der Waals surface area contributed by atoms with Crippen molar-refractivity contribution in [2.45, 2.75) is 57.7 Å². The first-order valence-corrected chi connectivity index (χ1v) is 8.94. The third-order valence-electron chi connectivity index (χ3n) is 3.97. The molecule has 8 N–H and O–H groups in total. The van der Waals surface area contributed by atoms with E-state index in [1.54, 1.807) is 0 Å². The molecule has 0 saturated heterocycles. The molecule has 3 unspecified atom stereocenters. The van der Waals surface area contributed by atoms with Crippen molar-refractivity contribution in [3.05, 3.63) is 18.2 Å². The van der Waals surface area contributed by atoms with E-state index in [2.05, 4.69) is 20.6 Å². The SMILES string of the molecule is CC(C)CC(NC(=O)C(Cc1cnc[nH]1)NC(=O)C(N)CCC(N)=O)C(=O)O. The zero-order valence-corrected chi connectivity index (χ0v) is 16.0. The number of nitrogens with two attached hydrogens (primary N) is 2. The van der Waals surface area contributed by atoms with E-state index in [0.29, 0.717) is 5.69 Å². The molecule has 1 aromatic rings. The van der Waals surface area contributed by atoms with Gasteiger partial charge >= 0.3 is 5.97 Å². The number of nitrogens with zero attached hydrogens (tertiary/aromatic N) is 1. The van der Waals surface area contributed by atoms with Crippen molar-refractivity contribution >= 4 is 23.7 Å². The van der Waals surface area contributed by atoms with Gasteiger partial charge in [-0.1, -0.05) is 13.8 Å². The number of rotatable bonds is 12. The predicted molar refractivity (Wildman–Crippen MR) is 99.6 cm³/mol. The van der Waals surface area contributed by atoms with Crippen LogP contribution in [0.25, 0.3) is 0 Å². The zero-order valence-electron chi connectivity index (χ0n) is 16.0. The Morgan fingerprint density at radius 2 is 1.82 bits per heavy atom. The van der Waals surface area contributed by atoms with Gasteiger partial charge in [-0.15, -0.1) is 0 Å². The summed E-state index contributed by atoms with van der Waals surface area (Å²) in [4.78, 5) is 53.9. The lowest BCUT2D eigenvalue weighted by Gasteiger charge is -2.23. The van der Waals surface area contributed by atoms with Gasteiger partial charge in [-0.2, -0.15) is 0 Å². The molecular weight excluding hydrogens is 368 g/mol. The third kappa shape index (κ3) is 8.16. The van der Waals surface area contributed by atoms with Crippen LogP contribution in [-0.4, -0.2) is 56.9 Å². The average Bonchev–Trinajstić information content (AvgIpc) is 3.10. The molecule has 3 amide bonds. The van der Waals surface area contributed by atoms with E-state index in [4.69, 9.17) is 11.5 Å². The molecule has 0 bridgehead atoms. The molecule has 0 saturated carbocycles. The van der Waals surface area contributed by atoms with Crippen LogP contribution in [0, 0.1) is 5.92 Å². The van der Waals surface area contributed by atoms with Crippen LogP contribution in [0.3, 0.4) is 0 Å². The van der Waals surface area contributed by atoms with Gasteiger partial charge in [0.1, 0.15) is 12.1 Å². The van der Waals surface area contributed by atoms with Crippen molar-refractivity contribution in [2.24, 2.45) is 17.4 Å². The maximum absolute atomic E-state index is 12.7. The Balaban J connectivity index is 2.85. The normalized spacial score (nSPS) is 14.1. The van der Waals surface area contributed by atoms with Crippen LogP contribution in [0.4, 0.5) is 0 Å². The van der Waals surface area contributed by atoms with Crippen LogP contribution in [0.2, 0.25) is 0 Å². The van der Waals surface area contributed by atoms with Gasteiger partial charge in [-0.3, -0.25) is 14.4 Å². The second kappa shape index (κ2) is 11.0. The molecule has 156 valence electrons. The second-order valence-electron chi connectivity index (χ2n) is 6.98. The first-order valence-electron chi connectivity index (χ1n) is 8.94. The van der Waals surface area contributed by atoms with E-state index in [-0.39, 0.29) is 31.6 Å². The molecule has 0 aliphatic heterocycles. The fourth-order valence-corrected chi connectivity index (χ4v) is 2.50.